The van der Waals surface area contributed by atoms with Crippen molar-refractivity contribution < 1.29 is 26.7 Å². The molecule has 4 rings (SSSR count). The molecule has 0 bridgehead atoms. The molecule has 1 aromatic carbocycles. The molecule has 196 valence electrons. The van der Waals surface area contributed by atoms with Crippen molar-refractivity contribution in [3.05, 3.63) is 23.8 Å². The van der Waals surface area contributed by atoms with E-state index in [4.69, 9.17) is 4.74 Å². The van der Waals surface area contributed by atoms with Crippen molar-refractivity contribution in [3.63, 3.8) is 0 Å². The highest BCUT2D eigenvalue weighted by Gasteiger charge is 2.53. The minimum Gasteiger partial charge on any atom is -0.492 e. The number of nitrogens with zero attached hydrogens (tertiary/aromatic N) is 2. The number of benzene rings is 1. The first-order valence-corrected chi connectivity index (χ1v) is 13.5. The van der Waals surface area contributed by atoms with Gasteiger partial charge in [-0.25, -0.2) is 17.2 Å². The van der Waals surface area contributed by atoms with E-state index in [1.807, 2.05) is 25.9 Å². The molecule has 0 spiro atoms. The van der Waals surface area contributed by atoms with Gasteiger partial charge in [0.15, 0.2) is 0 Å². The van der Waals surface area contributed by atoms with E-state index < -0.39 is 45.6 Å². The van der Waals surface area contributed by atoms with Crippen LogP contribution in [-0.2, 0) is 14.8 Å². The summed E-state index contributed by atoms with van der Waals surface area (Å²) in [5.41, 5.74) is 7.31. The van der Waals surface area contributed by atoms with Gasteiger partial charge in [-0.15, -0.1) is 0 Å². The molecular formula is C23H35F2N5O4S. The topological polar surface area (TPSA) is 103 Å². The smallest absolute Gasteiger partial charge is 0.242 e. The van der Waals surface area contributed by atoms with Crippen LogP contribution in [0.25, 0.3) is 0 Å². The Bertz CT molecular complexity index is 1030. The van der Waals surface area contributed by atoms with Crippen LogP contribution in [0.4, 0.5) is 14.5 Å². The van der Waals surface area contributed by atoms with Gasteiger partial charge in [-0.2, -0.15) is 4.31 Å². The molecule has 2 heterocycles. The lowest BCUT2D eigenvalue weighted by molar-refractivity contribution is -0.122. The third kappa shape index (κ3) is 5.61. The molecule has 1 aliphatic carbocycles. The molecule has 1 aromatic rings. The Morgan fingerprint density at radius 2 is 2.09 bits per heavy atom. The number of hydrogen-bond donors (Lipinski definition) is 3. The minimum absolute atomic E-state index is 0.116. The van der Waals surface area contributed by atoms with E-state index in [0.717, 1.165) is 17.9 Å². The van der Waals surface area contributed by atoms with E-state index >= 15 is 0 Å². The van der Waals surface area contributed by atoms with Crippen LogP contribution in [0.3, 0.4) is 0 Å². The second-order valence-electron chi connectivity index (χ2n) is 10.00. The Morgan fingerprint density at radius 3 is 2.71 bits per heavy atom. The zero-order valence-electron chi connectivity index (χ0n) is 20.3. The maximum atomic E-state index is 13.5. The number of amides is 1. The maximum absolute atomic E-state index is 13.5. The predicted octanol–water partition coefficient (Wildman–Crippen LogP) is 1.41. The SMILES string of the molecule is Cc1cc(NC(=O)[C@@H]2CCN2S(=O)(=O)C2CC(C(F)F)CC3CNNC32)ccc1OCCN(C)C. The van der Waals surface area contributed by atoms with Crippen LogP contribution < -0.4 is 20.9 Å². The molecule has 1 saturated carbocycles. The predicted molar refractivity (Wildman–Crippen MR) is 129 cm³/mol. The number of anilines is 1. The highest BCUT2D eigenvalue weighted by molar-refractivity contribution is 7.89. The summed E-state index contributed by atoms with van der Waals surface area (Å²) in [6.07, 6.45) is -2.01. The second kappa shape index (κ2) is 10.6. The fourth-order valence-corrected chi connectivity index (χ4v) is 7.59. The molecular weight excluding hydrogens is 480 g/mol. The van der Waals surface area contributed by atoms with Gasteiger partial charge in [0.2, 0.25) is 22.4 Å². The Morgan fingerprint density at radius 1 is 1.31 bits per heavy atom. The number of hydrogen-bond acceptors (Lipinski definition) is 7. The third-order valence-corrected chi connectivity index (χ3v) is 9.60. The first-order valence-electron chi connectivity index (χ1n) is 12.0. The molecule has 1 amide bonds. The molecule has 3 N–H and O–H groups in total. The van der Waals surface area contributed by atoms with Crippen molar-refractivity contribution in [2.45, 2.75) is 49.9 Å². The Balaban J connectivity index is 1.41. The highest BCUT2D eigenvalue weighted by atomic mass is 32.2. The Labute approximate surface area is 205 Å². The lowest BCUT2D eigenvalue weighted by Crippen LogP contribution is -2.62. The summed E-state index contributed by atoms with van der Waals surface area (Å²) in [5.74, 6) is -0.850. The quantitative estimate of drug-likeness (QED) is 0.457. The number of ether oxygens (including phenoxy) is 1. The van der Waals surface area contributed by atoms with Crippen LogP contribution in [0.15, 0.2) is 18.2 Å². The van der Waals surface area contributed by atoms with Crippen LogP contribution in [-0.4, -0.2) is 87.6 Å². The molecule has 2 saturated heterocycles. The van der Waals surface area contributed by atoms with E-state index in [2.05, 4.69) is 16.2 Å². The van der Waals surface area contributed by atoms with Crippen molar-refractivity contribution in [3.8, 4) is 5.75 Å². The summed E-state index contributed by atoms with van der Waals surface area (Å²) in [6.45, 7) is 3.85. The largest absolute Gasteiger partial charge is 0.492 e. The number of carbonyl (C=O) groups excluding carboxylic acids is 1. The van der Waals surface area contributed by atoms with Gasteiger partial charge in [0, 0.05) is 37.3 Å². The number of alkyl halides is 2. The molecule has 3 aliphatic rings. The monoisotopic (exact) mass is 515 g/mol. The lowest BCUT2D eigenvalue weighted by Gasteiger charge is -2.44. The van der Waals surface area contributed by atoms with Crippen LogP contribution in [0.2, 0.25) is 0 Å². The molecule has 4 unspecified atom stereocenters. The standard InChI is InChI=1S/C23H35F2N5O4S/c1-14-10-17(4-5-19(14)34-9-8-29(2)3)27-23(31)18-6-7-30(18)35(32,33)20-12-15(22(24)25)11-16-13-26-28-21(16)20/h4-5,10,15-16,18,20-22,26,28H,6-9,11-13H2,1-3H3,(H,27,31)/t15?,16?,18-,20?,21?/m0/s1. The van der Waals surface area contributed by atoms with Gasteiger partial charge in [0.05, 0.1) is 5.25 Å². The van der Waals surface area contributed by atoms with Gasteiger partial charge >= 0.3 is 0 Å². The molecule has 5 atom stereocenters. The summed E-state index contributed by atoms with van der Waals surface area (Å²) in [7, 11) is -0.0279. The van der Waals surface area contributed by atoms with E-state index in [1.165, 1.54) is 4.31 Å². The zero-order chi connectivity index (χ0) is 25.3. The number of aryl methyl sites for hydroxylation is 1. The first kappa shape index (κ1) is 26.2. The number of nitrogens with one attached hydrogen (secondary N) is 3. The van der Waals surface area contributed by atoms with E-state index in [1.54, 1.807) is 18.2 Å². The average molecular weight is 516 g/mol. The highest BCUT2D eigenvalue weighted by Crippen LogP contribution is 2.40. The maximum Gasteiger partial charge on any atom is 0.242 e. The van der Waals surface area contributed by atoms with E-state index in [0.29, 0.717) is 25.3 Å². The molecule has 0 aromatic heterocycles. The fraction of sp³-hybridized carbons (Fsp3) is 0.696. The number of sulfonamides is 1. The van der Waals surface area contributed by atoms with Crippen LogP contribution in [0.5, 0.6) is 5.75 Å². The Kier molecular flexibility index (Phi) is 7.96. The number of carbonyl (C=O) groups is 1. The average Bonchev–Trinajstić information content (AvgIpc) is 3.21. The lowest BCUT2D eigenvalue weighted by atomic mass is 9.79. The van der Waals surface area contributed by atoms with Crippen molar-refractivity contribution in [1.29, 1.82) is 0 Å². The van der Waals surface area contributed by atoms with Crippen molar-refractivity contribution >= 4 is 21.6 Å². The van der Waals surface area contributed by atoms with Crippen molar-refractivity contribution in [2.24, 2.45) is 11.8 Å². The zero-order valence-corrected chi connectivity index (χ0v) is 21.2. The number of rotatable bonds is 9. The summed E-state index contributed by atoms with van der Waals surface area (Å²) >= 11 is 0. The first-order chi connectivity index (χ1) is 16.6. The molecule has 9 nitrogen and oxygen atoms in total. The van der Waals surface area contributed by atoms with E-state index in [9.17, 15) is 22.0 Å². The summed E-state index contributed by atoms with van der Waals surface area (Å²) < 4.78 is 61.0. The molecule has 3 fully saturated rings. The minimum atomic E-state index is -3.95. The molecule has 0 radical (unpaired) electrons. The summed E-state index contributed by atoms with van der Waals surface area (Å²) in [5, 5.41) is 1.81. The van der Waals surface area contributed by atoms with Crippen LogP contribution >= 0.6 is 0 Å². The van der Waals surface area contributed by atoms with Gasteiger partial charge in [-0.05, 0) is 70.0 Å². The van der Waals surface area contributed by atoms with E-state index in [-0.39, 0.29) is 25.3 Å². The van der Waals surface area contributed by atoms with Gasteiger partial charge < -0.3 is 15.0 Å². The summed E-state index contributed by atoms with van der Waals surface area (Å²) in [6, 6.07) is 3.99. The van der Waals surface area contributed by atoms with Gasteiger partial charge in [-0.3, -0.25) is 15.6 Å². The van der Waals surface area contributed by atoms with Gasteiger partial charge in [0.1, 0.15) is 18.4 Å². The molecule has 35 heavy (non-hydrogen) atoms. The molecule has 2 aliphatic heterocycles. The molecule has 12 heteroatoms. The van der Waals surface area contributed by atoms with Gasteiger partial charge in [0.25, 0.3) is 0 Å². The number of likely N-dealkylation sites (N-methyl/N-ethyl adjacent to an activating group) is 1. The second-order valence-corrected chi connectivity index (χ2v) is 12.1. The normalized spacial score (nSPS) is 29.2. The Hall–Kier alpha value is -1.86. The summed E-state index contributed by atoms with van der Waals surface area (Å²) in [4.78, 5) is 15.0. The van der Waals surface area contributed by atoms with Crippen molar-refractivity contribution in [1.82, 2.24) is 20.1 Å². The fourth-order valence-electron chi connectivity index (χ4n) is 5.18. The third-order valence-electron chi connectivity index (χ3n) is 7.26. The number of fused-ring (bicyclic) bond motifs is 1. The van der Waals surface area contributed by atoms with Crippen LogP contribution in [0.1, 0.15) is 24.8 Å². The van der Waals surface area contributed by atoms with Gasteiger partial charge in [-0.1, -0.05) is 0 Å². The van der Waals surface area contributed by atoms with Crippen LogP contribution in [0, 0.1) is 18.8 Å². The number of halogens is 2. The van der Waals surface area contributed by atoms with Crippen molar-refractivity contribution in [2.75, 3.05) is 45.7 Å². The number of hydrazine groups is 1.